The topological polar surface area (TPSA) is 61.7 Å². The lowest BCUT2D eigenvalue weighted by molar-refractivity contribution is 0.815. The number of rotatable bonds is 2. The Balaban J connectivity index is 1.87. The highest BCUT2D eigenvalue weighted by Crippen LogP contribution is 2.34. The number of para-hydroxylation sites is 1. The molecule has 0 bridgehead atoms. The molecule has 0 spiro atoms. The molecule has 0 unspecified atom stereocenters. The van der Waals surface area contributed by atoms with Crippen LogP contribution in [0.2, 0.25) is 0 Å². The van der Waals surface area contributed by atoms with E-state index in [4.69, 9.17) is 10.5 Å². The Hall–Kier alpha value is -3.10. The van der Waals surface area contributed by atoms with Crippen LogP contribution in [0.5, 0.6) is 0 Å². The van der Waals surface area contributed by atoms with E-state index >= 15 is 0 Å². The Kier molecular flexibility index (Phi) is 3.73. The van der Waals surface area contributed by atoms with Gasteiger partial charge in [-0.15, -0.1) is 0 Å². The van der Waals surface area contributed by atoms with Crippen molar-refractivity contribution in [3.63, 3.8) is 0 Å². The van der Waals surface area contributed by atoms with Crippen LogP contribution in [0.3, 0.4) is 0 Å². The third-order valence-corrected chi connectivity index (χ3v) is 4.42. The molecular formula is C20H16N4. The lowest BCUT2D eigenvalue weighted by Gasteiger charge is -2.19. The van der Waals surface area contributed by atoms with E-state index in [1.165, 1.54) is 16.5 Å². The first-order valence-corrected chi connectivity index (χ1v) is 8.09. The Labute approximate surface area is 140 Å². The predicted octanol–water partition coefficient (Wildman–Crippen LogP) is 6.05. The Morgan fingerprint density at radius 3 is 2.79 bits per heavy atom. The molecule has 24 heavy (non-hydrogen) atoms. The number of aromatic nitrogens is 1. The van der Waals surface area contributed by atoms with Crippen molar-refractivity contribution < 1.29 is 0 Å². The third kappa shape index (κ3) is 2.64. The van der Waals surface area contributed by atoms with Gasteiger partial charge in [-0.3, -0.25) is 0 Å². The van der Waals surface area contributed by atoms with E-state index in [-0.39, 0.29) is 0 Å². The molecule has 0 fully saturated rings. The standard InChI is InChI=1S/C20H16N4/c21-24-23-19-11-4-2-7-15(19)13-17-9-5-8-16-12-14-6-1-3-10-18(14)22-20(16)17/h1-4,6-7,10-13H,5,8-9H2. The molecule has 1 heterocycles. The van der Waals surface area contributed by atoms with Crippen molar-refractivity contribution in [3.05, 3.63) is 81.9 Å². The number of nitrogens with zero attached hydrogens (tertiary/aromatic N) is 4. The number of hydrogen-bond donors (Lipinski definition) is 0. The van der Waals surface area contributed by atoms with E-state index in [0.717, 1.165) is 36.0 Å². The van der Waals surface area contributed by atoms with Gasteiger partial charge in [0.25, 0.3) is 0 Å². The Morgan fingerprint density at radius 2 is 1.88 bits per heavy atom. The van der Waals surface area contributed by atoms with E-state index < -0.39 is 0 Å². The second-order valence-corrected chi connectivity index (χ2v) is 5.96. The van der Waals surface area contributed by atoms with Gasteiger partial charge in [0.2, 0.25) is 0 Å². The highest BCUT2D eigenvalue weighted by Gasteiger charge is 2.17. The average Bonchev–Trinajstić information content (AvgIpc) is 2.62. The quantitative estimate of drug-likeness (QED) is 0.322. The highest BCUT2D eigenvalue weighted by molar-refractivity contribution is 5.89. The summed E-state index contributed by atoms with van der Waals surface area (Å²) in [6.07, 6.45) is 5.28. The van der Waals surface area contributed by atoms with Crippen LogP contribution in [-0.2, 0) is 6.42 Å². The van der Waals surface area contributed by atoms with E-state index in [0.29, 0.717) is 5.69 Å². The molecule has 0 radical (unpaired) electrons. The first kappa shape index (κ1) is 14.5. The highest BCUT2D eigenvalue weighted by atomic mass is 15.1. The molecule has 4 heteroatoms. The monoisotopic (exact) mass is 312 g/mol. The SMILES string of the molecule is [N-]=[N+]=Nc1ccccc1C=C1CCCc2cc3ccccc3nc21. The number of azide groups is 1. The number of allylic oxidation sites excluding steroid dienone is 1. The van der Waals surface area contributed by atoms with Gasteiger partial charge >= 0.3 is 0 Å². The zero-order valence-electron chi connectivity index (χ0n) is 13.2. The fourth-order valence-electron chi connectivity index (χ4n) is 3.29. The lowest BCUT2D eigenvalue weighted by atomic mass is 9.89. The maximum Gasteiger partial charge on any atom is 0.0709 e. The van der Waals surface area contributed by atoms with E-state index in [2.05, 4.69) is 34.3 Å². The van der Waals surface area contributed by atoms with Crippen molar-refractivity contribution in [3.8, 4) is 0 Å². The van der Waals surface area contributed by atoms with Crippen molar-refractivity contribution in [2.45, 2.75) is 19.3 Å². The van der Waals surface area contributed by atoms with Gasteiger partial charge < -0.3 is 0 Å². The molecule has 0 amide bonds. The summed E-state index contributed by atoms with van der Waals surface area (Å²) in [6.45, 7) is 0. The van der Waals surface area contributed by atoms with Crippen LogP contribution in [0.1, 0.15) is 29.7 Å². The molecule has 3 aromatic rings. The normalized spacial score (nSPS) is 15.1. The third-order valence-electron chi connectivity index (χ3n) is 4.42. The minimum Gasteiger partial charge on any atom is -0.248 e. The number of aryl methyl sites for hydroxylation is 1. The summed E-state index contributed by atoms with van der Waals surface area (Å²) >= 11 is 0. The van der Waals surface area contributed by atoms with Gasteiger partial charge in [0, 0.05) is 16.0 Å². The maximum atomic E-state index is 8.75. The summed E-state index contributed by atoms with van der Waals surface area (Å²) in [5.74, 6) is 0. The number of fused-ring (bicyclic) bond motifs is 2. The summed E-state index contributed by atoms with van der Waals surface area (Å²) in [5.41, 5.74) is 15.0. The summed E-state index contributed by atoms with van der Waals surface area (Å²) in [6, 6.07) is 18.1. The second kappa shape index (κ2) is 6.19. The molecule has 2 aromatic carbocycles. The number of hydrogen-bond acceptors (Lipinski definition) is 2. The van der Waals surface area contributed by atoms with Gasteiger partial charge in [-0.25, -0.2) is 4.98 Å². The van der Waals surface area contributed by atoms with Crippen LogP contribution < -0.4 is 0 Å². The summed E-state index contributed by atoms with van der Waals surface area (Å²) < 4.78 is 0. The summed E-state index contributed by atoms with van der Waals surface area (Å²) in [4.78, 5) is 7.82. The molecule has 0 aliphatic heterocycles. The van der Waals surface area contributed by atoms with Gasteiger partial charge in [-0.2, -0.15) is 0 Å². The Bertz CT molecular complexity index is 997. The van der Waals surface area contributed by atoms with Crippen molar-refractivity contribution in [1.29, 1.82) is 0 Å². The van der Waals surface area contributed by atoms with Gasteiger partial charge in [-0.1, -0.05) is 47.6 Å². The van der Waals surface area contributed by atoms with Crippen LogP contribution in [0.4, 0.5) is 5.69 Å². The smallest absolute Gasteiger partial charge is 0.0709 e. The van der Waals surface area contributed by atoms with Gasteiger partial charge in [0.1, 0.15) is 0 Å². The first-order valence-electron chi connectivity index (χ1n) is 8.09. The van der Waals surface area contributed by atoms with E-state index in [1.807, 2.05) is 36.4 Å². The number of benzene rings is 2. The van der Waals surface area contributed by atoms with Gasteiger partial charge in [-0.05, 0) is 59.7 Å². The molecule has 4 nitrogen and oxygen atoms in total. The van der Waals surface area contributed by atoms with Crippen LogP contribution >= 0.6 is 0 Å². The fourth-order valence-corrected chi connectivity index (χ4v) is 3.29. The second-order valence-electron chi connectivity index (χ2n) is 5.96. The molecule has 0 atom stereocenters. The molecule has 0 N–H and O–H groups in total. The molecule has 0 saturated heterocycles. The predicted molar refractivity (Wildman–Crippen MR) is 97.8 cm³/mol. The van der Waals surface area contributed by atoms with Crippen molar-refractivity contribution in [2.24, 2.45) is 5.11 Å². The van der Waals surface area contributed by atoms with Crippen LogP contribution in [-0.4, -0.2) is 4.98 Å². The van der Waals surface area contributed by atoms with Gasteiger partial charge in [0.05, 0.1) is 11.2 Å². The summed E-state index contributed by atoms with van der Waals surface area (Å²) in [5, 5.41) is 4.98. The zero-order valence-corrected chi connectivity index (χ0v) is 13.2. The van der Waals surface area contributed by atoms with Crippen LogP contribution in [0.15, 0.2) is 59.7 Å². The zero-order chi connectivity index (χ0) is 16.4. The molecule has 4 rings (SSSR count). The van der Waals surface area contributed by atoms with E-state index in [9.17, 15) is 0 Å². The molecule has 1 aliphatic rings. The van der Waals surface area contributed by atoms with Crippen molar-refractivity contribution in [1.82, 2.24) is 4.98 Å². The molecule has 0 saturated carbocycles. The lowest BCUT2D eigenvalue weighted by Crippen LogP contribution is -2.04. The van der Waals surface area contributed by atoms with Crippen molar-refractivity contribution in [2.75, 3.05) is 0 Å². The van der Waals surface area contributed by atoms with E-state index in [1.54, 1.807) is 0 Å². The molecular weight excluding hydrogens is 296 g/mol. The minimum absolute atomic E-state index is 0.653. The molecule has 1 aromatic heterocycles. The molecule has 1 aliphatic carbocycles. The Morgan fingerprint density at radius 1 is 1.04 bits per heavy atom. The molecule has 116 valence electrons. The minimum atomic E-state index is 0.653. The maximum absolute atomic E-state index is 8.75. The van der Waals surface area contributed by atoms with Crippen molar-refractivity contribution >= 4 is 28.2 Å². The fraction of sp³-hybridized carbons (Fsp3) is 0.150. The van der Waals surface area contributed by atoms with Crippen LogP contribution in [0, 0.1) is 0 Å². The van der Waals surface area contributed by atoms with Crippen LogP contribution in [0.25, 0.3) is 33.0 Å². The van der Waals surface area contributed by atoms with Gasteiger partial charge in [0.15, 0.2) is 0 Å². The summed E-state index contributed by atoms with van der Waals surface area (Å²) in [7, 11) is 0. The first-order chi connectivity index (χ1) is 11.8. The largest absolute Gasteiger partial charge is 0.248 e. The number of pyridine rings is 1. The average molecular weight is 312 g/mol.